The van der Waals surface area contributed by atoms with Crippen LogP contribution in [-0.4, -0.2) is 36.8 Å². The van der Waals surface area contributed by atoms with Crippen LogP contribution in [0.2, 0.25) is 5.02 Å². The van der Waals surface area contributed by atoms with Crippen molar-refractivity contribution in [1.82, 2.24) is 24.1 Å². The molecule has 166 valence electrons. The summed E-state index contributed by atoms with van der Waals surface area (Å²) in [6.45, 7) is 1.70. The maximum atomic E-state index is 15.7. The number of rotatable bonds is 7. The molecule has 1 aromatic carbocycles. The molecule has 0 saturated heterocycles. The molecule has 14 heteroatoms. The lowest BCUT2D eigenvalue weighted by Crippen LogP contribution is -2.30. The van der Waals surface area contributed by atoms with Gasteiger partial charge in [-0.05, 0) is 41.1 Å². The second kappa shape index (κ2) is 9.14. The third-order valence-electron chi connectivity index (χ3n) is 4.98. The maximum absolute atomic E-state index is 15.7. The van der Waals surface area contributed by atoms with Gasteiger partial charge in [0.05, 0.1) is 35.3 Å². The van der Waals surface area contributed by atoms with Gasteiger partial charge in [-0.25, -0.2) is 24.8 Å². The van der Waals surface area contributed by atoms with Crippen molar-refractivity contribution in [1.29, 1.82) is 0 Å². The smallest absolute Gasteiger partial charge is 0.212 e. The average molecular weight is 588 g/mol. The first-order valence-corrected chi connectivity index (χ1v) is 13.6. The van der Waals surface area contributed by atoms with Crippen molar-refractivity contribution < 1.29 is 9.18 Å². The number of aromatic nitrogens is 4. The number of anilines is 1. The van der Waals surface area contributed by atoms with Crippen LogP contribution in [0.1, 0.15) is 18.5 Å². The summed E-state index contributed by atoms with van der Waals surface area (Å²) in [6, 6.07) is 2.87. The zero-order chi connectivity index (χ0) is 23.0. The van der Waals surface area contributed by atoms with Gasteiger partial charge in [-0.3, -0.25) is 4.79 Å². The molecule has 4 rings (SSSR count). The number of fused-ring (bicyclic) bond motifs is 2. The summed E-state index contributed by atoms with van der Waals surface area (Å²) in [7, 11) is 0. The van der Waals surface area contributed by atoms with E-state index in [1.807, 2.05) is 0 Å². The van der Waals surface area contributed by atoms with Crippen molar-refractivity contribution in [3.63, 3.8) is 0 Å². The van der Waals surface area contributed by atoms with Gasteiger partial charge in [0, 0.05) is 28.3 Å². The molecular weight excluding hydrogens is 571 g/mol. The minimum absolute atomic E-state index is 0.0634. The second-order valence-electron chi connectivity index (χ2n) is 6.71. The van der Waals surface area contributed by atoms with Crippen molar-refractivity contribution in [2.75, 3.05) is 5.32 Å². The molecule has 4 aromatic rings. The van der Waals surface area contributed by atoms with Crippen LogP contribution < -0.4 is 16.9 Å². The highest BCUT2D eigenvalue weighted by molar-refractivity contribution is 14.2. The molecule has 0 saturated carbocycles. The van der Waals surface area contributed by atoms with E-state index in [9.17, 15) is 4.79 Å². The molecule has 32 heavy (non-hydrogen) atoms. The Morgan fingerprint density at radius 3 is 2.91 bits per heavy atom. The minimum atomic E-state index is -0.667. The van der Waals surface area contributed by atoms with E-state index < -0.39 is 11.9 Å². The number of nitrogens with one attached hydrogen (secondary N) is 1. The molecule has 0 aliphatic rings. The van der Waals surface area contributed by atoms with Gasteiger partial charge in [0.15, 0.2) is 5.82 Å². The van der Waals surface area contributed by atoms with Crippen molar-refractivity contribution in [2.24, 2.45) is 16.7 Å². The van der Waals surface area contributed by atoms with Crippen LogP contribution >= 0.6 is 40.0 Å². The van der Waals surface area contributed by atoms with E-state index in [0.717, 1.165) is 11.5 Å². The van der Waals surface area contributed by atoms with E-state index in [1.54, 1.807) is 46.5 Å². The fourth-order valence-electron chi connectivity index (χ4n) is 3.55. The summed E-state index contributed by atoms with van der Waals surface area (Å²) in [5, 5.41) is 12.4. The summed E-state index contributed by atoms with van der Waals surface area (Å²) < 4.78 is 19.2. The highest BCUT2D eigenvalue weighted by Gasteiger charge is 2.28. The first-order chi connectivity index (χ1) is 15.4. The number of hydrazone groups is 1. The van der Waals surface area contributed by atoms with Gasteiger partial charge in [-0.2, -0.15) is 10.2 Å². The number of pyridine rings is 1. The van der Waals surface area contributed by atoms with E-state index in [1.165, 1.54) is 0 Å². The molecule has 0 aliphatic carbocycles. The zero-order valence-corrected chi connectivity index (χ0v) is 20.4. The van der Waals surface area contributed by atoms with Crippen LogP contribution in [0.5, 0.6) is 0 Å². The summed E-state index contributed by atoms with van der Waals surface area (Å²) in [5.41, 5.74) is 7.94. The Morgan fingerprint density at radius 2 is 2.22 bits per heavy atom. The number of nitrogens with two attached hydrogens (primary N) is 2. The predicted octanol–water partition coefficient (Wildman–Crippen LogP) is 3.64. The number of imidazole rings is 1. The number of nitrogens with zero attached hydrogens (tertiary/aromatic N) is 6. The first kappa shape index (κ1) is 22.6. The van der Waals surface area contributed by atoms with Crippen LogP contribution in [0.3, 0.4) is 0 Å². The molecular formula is C18H17ClFIN9OP. The molecule has 2 unspecified atom stereocenters. The molecule has 0 bridgehead atoms. The summed E-state index contributed by atoms with van der Waals surface area (Å²) in [5.74, 6) is 5.72. The van der Waals surface area contributed by atoms with Gasteiger partial charge in [0.1, 0.15) is 17.8 Å². The van der Waals surface area contributed by atoms with Gasteiger partial charge in [0.2, 0.25) is 6.41 Å². The third kappa shape index (κ3) is 3.76. The van der Waals surface area contributed by atoms with E-state index in [4.69, 9.17) is 23.2 Å². The topological polar surface area (TPSA) is 132 Å². The molecule has 1 amide bonds. The largest absolute Gasteiger partial charge is 0.388 e. The van der Waals surface area contributed by atoms with Crippen LogP contribution in [0.15, 0.2) is 35.8 Å². The fourth-order valence-corrected chi connectivity index (χ4v) is 5.38. The fraction of sp³-hybridized carbons (Fsp3) is 0.111. The number of amides is 1. The van der Waals surface area contributed by atoms with Crippen LogP contribution in [0.4, 0.5) is 10.2 Å². The third-order valence-corrected chi connectivity index (χ3v) is 7.21. The van der Waals surface area contributed by atoms with E-state index in [2.05, 4.69) is 42.5 Å². The van der Waals surface area contributed by atoms with E-state index in [-0.39, 0.29) is 17.0 Å². The molecule has 2 atom stereocenters. The Morgan fingerprint density at radius 1 is 1.44 bits per heavy atom. The Bertz CT molecular complexity index is 1360. The highest BCUT2D eigenvalue weighted by Crippen LogP contribution is 2.44. The quantitative estimate of drug-likeness (QED) is 0.0576. The molecule has 0 aliphatic heterocycles. The molecule has 3 heterocycles. The van der Waals surface area contributed by atoms with Crippen LogP contribution in [-0.2, 0) is 4.79 Å². The zero-order valence-electron chi connectivity index (χ0n) is 16.5. The van der Waals surface area contributed by atoms with Crippen LogP contribution in [0.25, 0.3) is 27.7 Å². The van der Waals surface area contributed by atoms with Gasteiger partial charge in [0.25, 0.3) is 0 Å². The maximum Gasteiger partial charge on any atom is 0.212 e. The lowest BCUT2D eigenvalue weighted by molar-refractivity contribution is -0.105. The average Bonchev–Trinajstić information content (AvgIpc) is 3.37. The first-order valence-electron chi connectivity index (χ1n) is 9.13. The van der Waals surface area contributed by atoms with Crippen LogP contribution in [0, 0.1) is 5.82 Å². The Hall–Kier alpha value is -2.54. The Balaban J connectivity index is 1.98. The molecule has 0 spiro atoms. The van der Waals surface area contributed by atoms with E-state index >= 15 is 4.39 Å². The number of hydrogen-bond donors (Lipinski definition) is 3. The molecule has 10 nitrogen and oxygen atoms in total. The number of carbonyl (C=O) groups excluding carboxylic acids is 1. The van der Waals surface area contributed by atoms with Gasteiger partial charge < -0.3 is 15.5 Å². The summed E-state index contributed by atoms with van der Waals surface area (Å²) >= 11 is 8.75. The normalized spacial score (nSPS) is 13.0. The SMILES string of the molecule is CC(c1c(F)c(Cl)c(-c2ccc3nc(NC=O)cn3c2)c2cnn(PI)c12)N(N)/N=C\N. The number of benzene rings is 1. The van der Waals surface area contributed by atoms with Gasteiger partial charge >= 0.3 is 0 Å². The summed E-state index contributed by atoms with van der Waals surface area (Å²) in [6.07, 6.45) is 6.87. The molecule has 5 N–H and O–H groups in total. The number of halogens is 3. The van der Waals surface area contributed by atoms with E-state index in [0.29, 0.717) is 39.9 Å². The molecule has 3 aromatic heterocycles. The summed E-state index contributed by atoms with van der Waals surface area (Å²) in [4.78, 5) is 15.0. The Labute approximate surface area is 201 Å². The number of carbonyl (C=O) groups is 1. The standard InChI is InChI=1S/C18H17ClFIN9OP/c1-9(29(23)26-7-22)14-17(20)16(19)15(11-4-25-30(32-21)18(11)14)10-2-3-13-27-12(24-8-31)6-28(13)5-10/h2-9,32H,23H2,1H3,(H2,22,26)(H,24,31). The van der Waals surface area contributed by atoms with Crippen molar-refractivity contribution in [2.45, 2.75) is 13.0 Å². The van der Waals surface area contributed by atoms with Crippen molar-refractivity contribution >= 4 is 75.1 Å². The number of hydrogen-bond acceptors (Lipinski definition) is 6. The van der Waals surface area contributed by atoms with Crippen molar-refractivity contribution in [3.05, 3.63) is 47.1 Å². The minimum Gasteiger partial charge on any atom is -0.388 e. The predicted molar refractivity (Wildman–Crippen MR) is 133 cm³/mol. The van der Waals surface area contributed by atoms with Gasteiger partial charge in [-0.1, -0.05) is 11.6 Å². The highest BCUT2D eigenvalue weighted by atomic mass is 127. The molecule has 0 radical (unpaired) electrons. The monoisotopic (exact) mass is 587 g/mol. The molecule has 0 fully saturated rings. The lowest BCUT2D eigenvalue weighted by atomic mass is 9.96. The second-order valence-corrected chi connectivity index (χ2v) is 9.13. The number of hydrazine groups is 1. The van der Waals surface area contributed by atoms with Gasteiger partial charge in [-0.15, -0.1) is 0 Å². The Kier molecular flexibility index (Phi) is 6.47. The van der Waals surface area contributed by atoms with Crippen molar-refractivity contribution in [3.8, 4) is 11.1 Å². The lowest BCUT2D eigenvalue weighted by Gasteiger charge is -2.24.